The summed E-state index contributed by atoms with van der Waals surface area (Å²) in [4.78, 5) is 0. The second kappa shape index (κ2) is 5.76. The summed E-state index contributed by atoms with van der Waals surface area (Å²) in [5.41, 5.74) is 7.11. The number of rotatable bonds is 4. The fourth-order valence-corrected chi connectivity index (χ4v) is 3.05. The molecule has 0 radical (unpaired) electrons. The molecule has 1 aromatic rings. The van der Waals surface area contributed by atoms with Crippen LogP contribution >= 0.6 is 0 Å². The average Bonchev–Trinajstić information content (AvgIpc) is 2.93. The lowest BCUT2D eigenvalue weighted by molar-refractivity contribution is 0.356. The number of ether oxygens (including phenoxy) is 1. The van der Waals surface area contributed by atoms with Crippen molar-refractivity contribution in [3.05, 3.63) is 41.0 Å². The Balaban J connectivity index is 1.76. The van der Waals surface area contributed by atoms with Crippen LogP contribution in [0.5, 0.6) is 5.75 Å². The lowest BCUT2D eigenvalue weighted by Crippen LogP contribution is -2.28. The molecule has 0 amide bonds. The molecule has 1 unspecified atom stereocenters. The van der Waals surface area contributed by atoms with Crippen LogP contribution in [-0.2, 0) is 6.42 Å². The highest BCUT2D eigenvalue weighted by atomic mass is 16.5. The summed E-state index contributed by atoms with van der Waals surface area (Å²) in [5.74, 6) is 6.80. The molecule has 1 heterocycles. The largest absolute Gasteiger partial charge is 0.493 e. The van der Waals surface area contributed by atoms with Crippen molar-refractivity contribution >= 4 is 0 Å². The molecule has 1 atom stereocenters. The highest BCUT2D eigenvalue weighted by Gasteiger charge is 2.17. The number of benzene rings is 1. The predicted molar refractivity (Wildman–Crippen MR) is 76.9 cm³/mol. The van der Waals surface area contributed by atoms with Gasteiger partial charge in [-0.05, 0) is 49.3 Å². The summed E-state index contributed by atoms with van der Waals surface area (Å²) >= 11 is 0. The van der Waals surface area contributed by atoms with Crippen molar-refractivity contribution in [1.29, 1.82) is 0 Å². The van der Waals surface area contributed by atoms with Crippen LogP contribution in [-0.4, -0.2) is 6.61 Å². The molecule has 3 heteroatoms. The fraction of sp³-hybridized carbons (Fsp3) is 0.500. The van der Waals surface area contributed by atoms with Crippen LogP contribution in [0.15, 0.2) is 29.8 Å². The normalized spacial score (nSPS) is 19.5. The maximum atomic E-state index is 5.76. The van der Waals surface area contributed by atoms with E-state index in [1.807, 2.05) is 0 Å². The second-order valence-electron chi connectivity index (χ2n) is 5.50. The molecule has 3 nitrogen and oxygen atoms in total. The Kier molecular flexibility index (Phi) is 3.85. The van der Waals surface area contributed by atoms with Gasteiger partial charge in [-0.25, -0.2) is 0 Å². The number of hydrogen-bond acceptors (Lipinski definition) is 3. The Bertz CT molecular complexity index is 482. The van der Waals surface area contributed by atoms with E-state index in [4.69, 9.17) is 10.6 Å². The third-order valence-electron chi connectivity index (χ3n) is 4.17. The van der Waals surface area contributed by atoms with E-state index in [1.165, 1.54) is 36.8 Å². The lowest BCUT2D eigenvalue weighted by Gasteiger charge is -2.21. The molecular formula is C16H22N2O. The average molecular weight is 258 g/mol. The fourth-order valence-electron chi connectivity index (χ4n) is 3.05. The molecule has 3 rings (SSSR count). The van der Waals surface area contributed by atoms with E-state index < -0.39 is 0 Å². The molecule has 3 N–H and O–H groups in total. The molecule has 19 heavy (non-hydrogen) atoms. The van der Waals surface area contributed by atoms with Crippen LogP contribution < -0.4 is 16.0 Å². The molecule has 1 aromatic carbocycles. The van der Waals surface area contributed by atoms with E-state index in [9.17, 15) is 0 Å². The zero-order valence-corrected chi connectivity index (χ0v) is 11.3. The minimum Gasteiger partial charge on any atom is -0.493 e. The van der Waals surface area contributed by atoms with Crippen molar-refractivity contribution in [2.75, 3.05) is 6.61 Å². The topological polar surface area (TPSA) is 47.3 Å². The van der Waals surface area contributed by atoms with E-state index in [-0.39, 0.29) is 6.04 Å². The van der Waals surface area contributed by atoms with E-state index in [0.717, 1.165) is 25.2 Å². The standard InChI is InChI=1S/C16H22N2O/c17-18-15(10-12-4-2-1-3-5-12)13-6-7-16-14(11-13)8-9-19-16/h4,6-7,11,15,18H,1-3,5,8-10,17H2. The highest BCUT2D eigenvalue weighted by molar-refractivity contribution is 5.41. The summed E-state index contributed by atoms with van der Waals surface area (Å²) in [6.45, 7) is 0.810. The van der Waals surface area contributed by atoms with Gasteiger partial charge in [0.1, 0.15) is 5.75 Å². The van der Waals surface area contributed by atoms with Crippen molar-refractivity contribution in [2.24, 2.45) is 5.84 Å². The van der Waals surface area contributed by atoms with Crippen LogP contribution in [0, 0.1) is 0 Å². The zero-order chi connectivity index (χ0) is 13.1. The number of fused-ring (bicyclic) bond motifs is 1. The Morgan fingerprint density at radius 3 is 3.00 bits per heavy atom. The van der Waals surface area contributed by atoms with Gasteiger partial charge in [0.2, 0.25) is 0 Å². The summed E-state index contributed by atoms with van der Waals surface area (Å²) < 4.78 is 5.55. The maximum absolute atomic E-state index is 5.76. The van der Waals surface area contributed by atoms with Crippen molar-refractivity contribution in [3.63, 3.8) is 0 Å². The summed E-state index contributed by atoms with van der Waals surface area (Å²) in [6.07, 6.45) is 9.54. The Morgan fingerprint density at radius 1 is 1.26 bits per heavy atom. The smallest absolute Gasteiger partial charge is 0.122 e. The predicted octanol–water partition coefficient (Wildman–Crippen LogP) is 3.02. The summed E-state index contributed by atoms with van der Waals surface area (Å²) in [5, 5.41) is 0. The molecule has 0 saturated heterocycles. The quantitative estimate of drug-likeness (QED) is 0.496. The van der Waals surface area contributed by atoms with Crippen molar-refractivity contribution in [2.45, 2.75) is 44.6 Å². The van der Waals surface area contributed by atoms with Crippen LogP contribution in [0.3, 0.4) is 0 Å². The summed E-state index contributed by atoms with van der Waals surface area (Å²) in [7, 11) is 0. The molecule has 0 fully saturated rings. The first-order chi connectivity index (χ1) is 9.36. The molecule has 2 aliphatic rings. The molecule has 0 aromatic heterocycles. The number of hydrazine groups is 1. The molecule has 0 spiro atoms. The number of nitrogens with two attached hydrogens (primary N) is 1. The van der Waals surface area contributed by atoms with Gasteiger partial charge in [-0.15, -0.1) is 0 Å². The van der Waals surface area contributed by atoms with Gasteiger partial charge in [0.25, 0.3) is 0 Å². The molecule has 0 bridgehead atoms. The Morgan fingerprint density at radius 2 is 2.21 bits per heavy atom. The van der Waals surface area contributed by atoms with Crippen molar-refractivity contribution in [3.8, 4) is 5.75 Å². The number of hydrogen-bond donors (Lipinski definition) is 2. The third kappa shape index (κ3) is 2.82. The highest BCUT2D eigenvalue weighted by Crippen LogP contribution is 2.31. The first-order valence-electron chi connectivity index (χ1n) is 7.26. The molecule has 102 valence electrons. The number of allylic oxidation sites excluding steroid dienone is 1. The van der Waals surface area contributed by atoms with Crippen LogP contribution in [0.4, 0.5) is 0 Å². The summed E-state index contributed by atoms with van der Waals surface area (Å²) in [6, 6.07) is 6.68. The van der Waals surface area contributed by atoms with Gasteiger partial charge in [0, 0.05) is 12.5 Å². The lowest BCUT2D eigenvalue weighted by atomic mass is 9.91. The monoisotopic (exact) mass is 258 g/mol. The molecular weight excluding hydrogens is 236 g/mol. The zero-order valence-electron chi connectivity index (χ0n) is 11.3. The minimum atomic E-state index is 0.218. The Labute approximate surface area is 114 Å². The molecule has 1 aliphatic carbocycles. The van der Waals surface area contributed by atoms with Gasteiger partial charge in [0.05, 0.1) is 6.61 Å². The van der Waals surface area contributed by atoms with E-state index in [1.54, 1.807) is 5.57 Å². The molecule has 1 aliphatic heterocycles. The minimum absolute atomic E-state index is 0.218. The first kappa shape index (κ1) is 12.7. The van der Waals surface area contributed by atoms with E-state index in [0.29, 0.717) is 0 Å². The van der Waals surface area contributed by atoms with Gasteiger partial charge < -0.3 is 4.74 Å². The van der Waals surface area contributed by atoms with Gasteiger partial charge in [-0.2, -0.15) is 0 Å². The van der Waals surface area contributed by atoms with Gasteiger partial charge in [-0.3, -0.25) is 11.3 Å². The van der Waals surface area contributed by atoms with Crippen molar-refractivity contribution in [1.82, 2.24) is 5.43 Å². The van der Waals surface area contributed by atoms with Crippen LogP contribution in [0.25, 0.3) is 0 Å². The van der Waals surface area contributed by atoms with Crippen LogP contribution in [0.1, 0.15) is 49.3 Å². The Hall–Kier alpha value is -1.32. The van der Waals surface area contributed by atoms with Crippen molar-refractivity contribution < 1.29 is 4.74 Å². The van der Waals surface area contributed by atoms with Gasteiger partial charge in [0.15, 0.2) is 0 Å². The first-order valence-corrected chi connectivity index (χ1v) is 7.26. The second-order valence-corrected chi connectivity index (χ2v) is 5.50. The van der Waals surface area contributed by atoms with Gasteiger partial charge in [-0.1, -0.05) is 23.8 Å². The van der Waals surface area contributed by atoms with E-state index >= 15 is 0 Å². The van der Waals surface area contributed by atoms with Gasteiger partial charge >= 0.3 is 0 Å². The third-order valence-corrected chi connectivity index (χ3v) is 4.17. The number of nitrogens with one attached hydrogen (secondary N) is 1. The van der Waals surface area contributed by atoms with Crippen LogP contribution in [0.2, 0.25) is 0 Å². The SMILES string of the molecule is NNC(CC1=CCCCC1)c1ccc2c(c1)CCO2. The molecule has 0 saturated carbocycles. The van der Waals surface area contributed by atoms with E-state index in [2.05, 4.69) is 29.7 Å². The maximum Gasteiger partial charge on any atom is 0.122 e.